The SMILES string of the molecule is Cc1ccc(-c2nn(-c3cc(Cl)cc(Cl)c3)c(-c3ccc(C)cc3)c2C)cc1. The van der Waals surface area contributed by atoms with Crippen LogP contribution < -0.4 is 0 Å². The van der Waals surface area contributed by atoms with Crippen molar-refractivity contribution in [1.82, 2.24) is 9.78 Å². The minimum atomic E-state index is 0.586. The molecule has 0 N–H and O–H groups in total. The maximum atomic E-state index is 6.27. The van der Waals surface area contributed by atoms with E-state index in [1.54, 1.807) is 6.07 Å². The molecule has 0 saturated heterocycles. The van der Waals surface area contributed by atoms with Crippen LogP contribution in [0, 0.1) is 20.8 Å². The Labute approximate surface area is 175 Å². The van der Waals surface area contributed by atoms with Crippen LogP contribution in [0.2, 0.25) is 10.0 Å². The van der Waals surface area contributed by atoms with Crippen molar-refractivity contribution < 1.29 is 0 Å². The van der Waals surface area contributed by atoms with Crippen molar-refractivity contribution in [3.8, 4) is 28.2 Å². The molecular weight excluding hydrogens is 387 g/mol. The summed E-state index contributed by atoms with van der Waals surface area (Å²) in [4.78, 5) is 0. The summed E-state index contributed by atoms with van der Waals surface area (Å²) in [6.45, 7) is 6.28. The van der Waals surface area contributed by atoms with Gasteiger partial charge in [0.15, 0.2) is 0 Å². The van der Waals surface area contributed by atoms with Crippen molar-refractivity contribution >= 4 is 23.2 Å². The van der Waals surface area contributed by atoms with Crippen molar-refractivity contribution in [2.75, 3.05) is 0 Å². The van der Waals surface area contributed by atoms with Gasteiger partial charge in [0, 0.05) is 26.7 Å². The Hall–Kier alpha value is -2.55. The number of hydrogen-bond acceptors (Lipinski definition) is 1. The van der Waals surface area contributed by atoms with Crippen LogP contribution in [-0.2, 0) is 0 Å². The molecular formula is C24H20Cl2N2. The van der Waals surface area contributed by atoms with Gasteiger partial charge in [0.1, 0.15) is 0 Å². The molecule has 140 valence electrons. The lowest BCUT2D eigenvalue weighted by Crippen LogP contribution is -2.00. The van der Waals surface area contributed by atoms with E-state index in [1.165, 1.54) is 11.1 Å². The summed E-state index contributed by atoms with van der Waals surface area (Å²) in [5.41, 5.74) is 8.57. The van der Waals surface area contributed by atoms with E-state index in [4.69, 9.17) is 28.3 Å². The molecule has 0 aliphatic carbocycles. The Morgan fingerprint density at radius 2 is 1.18 bits per heavy atom. The van der Waals surface area contributed by atoms with E-state index in [1.807, 2.05) is 16.8 Å². The highest BCUT2D eigenvalue weighted by atomic mass is 35.5. The number of rotatable bonds is 3. The molecule has 4 heteroatoms. The molecule has 0 aliphatic rings. The Morgan fingerprint density at radius 1 is 0.679 bits per heavy atom. The van der Waals surface area contributed by atoms with E-state index in [0.717, 1.165) is 33.8 Å². The molecule has 28 heavy (non-hydrogen) atoms. The zero-order chi connectivity index (χ0) is 19.8. The van der Waals surface area contributed by atoms with Crippen LogP contribution in [0.15, 0.2) is 66.7 Å². The van der Waals surface area contributed by atoms with Crippen LogP contribution in [0.4, 0.5) is 0 Å². The third-order valence-corrected chi connectivity index (χ3v) is 5.30. The molecule has 0 radical (unpaired) electrons. The molecule has 1 heterocycles. The van der Waals surface area contributed by atoms with Gasteiger partial charge in [-0.05, 0) is 39.0 Å². The summed E-state index contributed by atoms with van der Waals surface area (Å²) in [5, 5.41) is 6.13. The van der Waals surface area contributed by atoms with Gasteiger partial charge in [-0.2, -0.15) is 5.10 Å². The monoisotopic (exact) mass is 406 g/mol. The molecule has 1 aromatic heterocycles. The van der Waals surface area contributed by atoms with Crippen LogP contribution in [0.25, 0.3) is 28.2 Å². The molecule has 0 unspecified atom stereocenters. The molecule has 0 fully saturated rings. The highest BCUT2D eigenvalue weighted by Gasteiger charge is 2.19. The lowest BCUT2D eigenvalue weighted by Gasteiger charge is -2.10. The fraction of sp³-hybridized carbons (Fsp3) is 0.125. The molecule has 0 spiro atoms. The first-order valence-electron chi connectivity index (χ1n) is 9.12. The Bertz CT molecular complexity index is 1120. The highest BCUT2D eigenvalue weighted by Crippen LogP contribution is 2.35. The summed E-state index contributed by atoms with van der Waals surface area (Å²) < 4.78 is 1.94. The number of benzene rings is 3. The molecule has 0 saturated carbocycles. The molecule has 3 aromatic carbocycles. The zero-order valence-corrected chi connectivity index (χ0v) is 17.5. The van der Waals surface area contributed by atoms with Crippen molar-refractivity contribution in [1.29, 1.82) is 0 Å². The first-order valence-corrected chi connectivity index (χ1v) is 9.88. The molecule has 0 atom stereocenters. The van der Waals surface area contributed by atoms with Gasteiger partial charge < -0.3 is 0 Å². The van der Waals surface area contributed by atoms with Gasteiger partial charge in [-0.25, -0.2) is 4.68 Å². The van der Waals surface area contributed by atoms with Crippen molar-refractivity contribution in [3.05, 3.63) is 93.5 Å². The average Bonchev–Trinajstić information content (AvgIpc) is 3.00. The van der Waals surface area contributed by atoms with Crippen LogP contribution in [0.5, 0.6) is 0 Å². The van der Waals surface area contributed by atoms with Gasteiger partial charge in [-0.3, -0.25) is 0 Å². The van der Waals surface area contributed by atoms with Gasteiger partial charge in [0.25, 0.3) is 0 Å². The van der Waals surface area contributed by atoms with Gasteiger partial charge in [0.2, 0.25) is 0 Å². The lowest BCUT2D eigenvalue weighted by molar-refractivity contribution is 0.891. The number of halogens is 2. The Balaban J connectivity index is 1.98. The maximum absolute atomic E-state index is 6.27. The topological polar surface area (TPSA) is 17.8 Å². The van der Waals surface area contributed by atoms with E-state index >= 15 is 0 Å². The number of nitrogens with zero attached hydrogens (tertiary/aromatic N) is 2. The zero-order valence-electron chi connectivity index (χ0n) is 16.0. The highest BCUT2D eigenvalue weighted by molar-refractivity contribution is 6.34. The number of aromatic nitrogens is 2. The summed E-state index contributed by atoms with van der Waals surface area (Å²) in [7, 11) is 0. The Morgan fingerprint density at radius 3 is 1.71 bits per heavy atom. The van der Waals surface area contributed by atoms with Crippen LogP contribution >= 0.6 is 23.2 Å². The second kappa shape index (κ2) is 7.46. The summed E-state index contributed by atoms with van der Waals surface area (Å²) in [6, 6.07) is 22.4. The summed E-state index contributed by atoms with van der Waals surface area (Å²) >= 11 is 12.5. The molecule has 4 aromatic rings. The standard InChI is InChI=1S/C24H20Cl2N2/c1-15-4-8-18(9-5-15)23-17(3)24(19-10-6-16(2)7-11-19)28(27-23)22-13-20(25)12-21(26)14-22/h4-14H,1-3H3. The predicted octanol–water partition coefficient (Wildman–Crippen LogP) is 7.44. The van der Waals surface area contributed by atoms with Crippen LogP contribution in [-0.4, -0.2) is 9.78 Å². The molecule has 4 rings (SSSR count). The fourth-order valence-electron chi connectivity index (χ4n) is 3.38. The third kappa shape index (κ3) is 3.58. The average molecular weight is 407 g/mol. The lowest BCUT2D eigenvalue weighted by atomic mass is 10.0. The summed E-state index contributed by atoms with van der Waals surface area (Å²) in [5.74, 6) is 0. The van der Waals surface area contributed by atoms with Gasteiger partial charge >= 0.3 is 0 Å². The first-order chi connectivity index (χ1) is 13.4. The minimum absolute atomic E-state index is 0.586. The molecule has 0 bridgehead atoms. The Kier molecular flexibility index (Phi) is 5.01. The normalized spacial score (nSPS) is 11.0. The quantitative estimate of drug-likeness (QED) is 0.345. The largest absolute Gasteiger partial charge is 0.232 e. The number of hydrogen-bond donors (Lipinski definition) is 0. The van der Waals surface area contributed by atoms with Crippen molar-refractivity contribution in [2.24, 2.45) is 0 Å². The van der Waals surface area contributed by atoms with Gasteiger partial charge in [-0.15, -0.1) is 0 Å². The van der Waals surface area contributed by atoms with E-state index in [2.05, 4.69) is 69.3 Å². The first kappa shape index (κ1) is 18.8. The predicted molar refractivity (Wildman–Crippen MR) is 119 cm³/mol. The van der Waals surface area contributed by atoms with E-state index < -0.39 is 0 Å². The summed E-state index contributed by atoms with van der Waals surface area (Å²) in [6.07, 6.45) is 0. The number of aryl methyl sites for hydroxylation is 2. The van der Waals surface area contributed by atoms with Crippen LogP contribution in [0.1, 0.15) is 16.7 Å². The molecule has 0 amide bonds. The van der Waals surface area contributed by atoms with Crippen molar-refractivity contribution in [2.45, 2.75) is 20.8 Å². The van der Waals surface area contributed by atoms with Gasteiger partial charge in [0.05, 0.1) is 17.1 Å². The van der Waals surface area contributed by atoms with Crippen LogP contribution in [0.3, 0.4) is 0 Å². The van der Waals surface area contributed by atoms with E-state index in [-0.39, 0.29) is 0 Å². The smallest absolute Gasteiger partial charge is 0.0963 e. The maximum Gasteiger partial charge on any atom is 0.0963 e. The second-order valence-corrected chi connectivity index (χ2v) is 7.97. The third-order valence-electron chi connectivity index (χ3n) is 4.86. The second-order valence-electron chi connectivity index (χ2n) is 7.09. The van der Waals surface area contributed by atoms with E-state index in [9.17, 15) is 0 Å². The van der Waals surface area contributed by atoms with E-state index in [0.29, 0.717) is 10.0 Å². The molecule has 2 nitrogen and oxygen atoms in total. The van der Waals surface area contributed by atoms with Gasteiger partial charge in [-0.1, -0.05) is 82.9 Å². The molecule has 0 aliphatic heterocycles. The van der Waals surface area contributed by atoms with Crippen molar-refractivity contribution in [3.63, 3.8) is 0 Å². The minimum Gasteiger partial charge on any atom is -0.232 e. The fourth-order valence-corrected chi connectivity index (χ4v) is 3.89.